The first-order valence-electron chi connectivity index (χ1n) is 17.4. The second kappa shape index (κ2) is 16.0. The van der Waals surface area contributed by atoms with E-state index in [1.54, 1.807) is 23.3 Å². The van der Waals surface area contributed by atoms with E-state index < -0.39 is 0 Å². The van der Waals surface area contributed by atoms with Crippen molar-refractivity contribution in [2.45, 2.75) is 50.6 Å². The predicted molar refractivity (Wildman–Crippen MR) is 206 cm³/mol. The van der Waals surface area contributed by atoms with E-state index in [9.17, 15) is 0 Å². The Morgan fingerprint density at radius 2 is 0.780 bits per heavy atom. The zero-order chi connectivity index (χ0) is 32.6. The maximum Gasteiger partial charge on any atom is -0.0114 e. The van der Waals surface area contributed by atoms with Crippen LogP contribution in [-0.2, 0) is 23.3 Å². The van der Waals surface area contributed by atoms with Gasteiger partial charge in [0.2, 0.25) is 0 Å². The van der Waals surface area contributed by atoms with Gasteiger partial charge in [-0.15, -0.1) is 69.1 Å². The van der Waals surface area contributed by atoms with Gasteiger partial charge in [-0.25, -0.2) is 0 Å². The van der Waals surface area contributed by atoms with E-state index in [-0.39, 0.29) is 30.2 Å². The zero-order valence-electron chi connectivity index (χ0n) is 28.6. The number of fused-ring (bicyclic) bond motifs is 4. The van der Waals surface area contributed by atoms with Gasteiger partial charge in [-0.1, -0.05) is 108 Å². The van der Waals surface area contributed by atoms with Crippen LogP contribution in [0, 0.1) is 0 Å². The molecule has 2 saturated carbocycles. The molecule has 0 spiro atoms. The minimum Gasteiger partial charge on any atom is -1.00 e. The molecule has 8 aromatic rings. The van der Waals surface area contributed by atoms with Gasteiger partial charge in [-0.05, 0) is 70.2 Å². The molecule has 0 atom stereocenters. The fourth-order valence-electron chi connectivity index (χ4n) is 7.21. The summed E-state index contributed by atoms with van der Waals surface area (Å²) in [4.78, 5) is 0. The Bertz CT molecular complexity index is 2250. The topological polar surface area (TPSA) is 0 Å². The fourth-order valence-corrected chi connectivity index (χ4v) is 7.21. The zero-order valence-corrected chi connectivity index (χ0v) is 33.6. The smallest absolute Gasteiger partial charge is 0.0114 e. The molecule has 50 heavy (non-hydrogen) atoms. The molecular formula is C46H40Cl2SiZr-2. The van der Waals surface area contributed by atoms with Crippen LogP contribution in [-0.4, -0.2) is 5.43 Å². The normalized spacial score (nSPS) is 13.5. The van der Waals surface area contributed by atoms with Crippen LogP contribution in [0.5, 0.6) is 0 Å². The van der Waals surface area contributed by atoms with Crippen molar-refractivity contribution in [1.82, 2.24) is 0 Å². The molecule has 0 radical (unpaired) electrons. The summed E-state index contributed by atoms with van der Waals surface area (Å²) in [6.07, 6.45) is 5.44. The largest absolute Gasteiger partial charge is 1.00 e. The number of rotatable bonds is 4. The average molecular weight is 783 g/mol. The van der Waals surface area contributed by atoms with Crippen molar-refractivity contribution in [2.24, 2.45) is 0 Å². The second-order valence-electron chi connectivity index (χ2n) is 13.8. The quantitative estimate of drug-likeness (QED) is 0.130. The summed E-state index contributed by atoms with van der Waals surface area (Å²) in [5, 5.41) is 10.9. The molecule has 0 amide bonds. The van der Waals surface area contributed by atoms with Crippen molar-refractivity contribution in [3.63, 3.8) is 0 Å². The van der Waals surface area contributed by atoms with Crippen molar-refractivity contribution in [3.8, 4) is 22.3 Å². The van der Waals surface area contributed by atoms with Gasteiger partial charge in [-0.2, -0.15) is 12.1 Å². The monoisotopic (exact) mass is 780 g/mol. The summed E-state index contributed by atoms with van der Waals surface area (Å²) < 4.78 is 0. The van der Waals surface area contributed by atoms with Crippen LogP contribution in [0.4, 0.5) is 0 Å². The van der Waals surface area contributed by atoms with Crippen LogP contribution in [0.1, 0.15) is 48.6 Å². The Kier molecular flexibility index (Phi) is 11.7. The van der Waals surface area contributed by atoms with E-state index >= 15 is 0 Å². The number of hydrogen-bond donors (Lipinski definition) is 0. The maximum absolute atomic E-state index is 2.42. The van der Waals surface area contributed by atoms with Crippen molar-refractivity contribution in [3.05, 3.63) is 157 Å². The molecule has 0 unspecified atom stereocenters. The molecule has 8 aromatic carbocycles. The van der Waals surface area contributed by atoms with Crippen molar-refractivity contribution >= 4 is 48.5 Å². The van der Waals surface area contributed by atoms with Gasteiger partial charge in [0.1, 0.15) is 0 Å². The van der Waals surface area contributed by atoms with Crippen LogP contribution in [0.3, 0.4) is 0 Å². The van der Waals surface area contributed by atoms with Gasteiger partial charge in [0.05, 0.1) is 0 Å². The third kappa shape index (κ3) is 7.80. The van der Waals surface area contributed by atoms with Gasteiger partial charge in [0, 0.05) is 0 Å². The third-order valence-electron chi connectivity index (χ3n) is 9.80. The minimum absolute atomic E-state index is 0. The summed E-state index contributed by atoms with van der Waals surface area (Å²) in [6, 6.07) is 53.6. The molecule has 4 heteroatoms. The molecule has 0 N–H and O–H groups in total. The van der Waals surface area contributed by atoms with Gasteiger partial charge >= 0.3 is 41.9 Å². The van der Waals surface area contributed by atoms with Gasteiger partial charge in [-0.3, -0.25) is 0 Å². The maximum atomic E-state index is 2.42. The Labute approximate surface area is 323 Å². The van der Waals surface area contributed by atoms with E-state index in [4.69, 9.17) is 0 Å². The molecule has 0 aliphatic heterocycles. The predicted octanol–water partition coefficient (Wildman–Crippen LogP) is 7.30. The Hall–Kier alpha value is -3.26. The summed E-state index contributed by atoms with van der Waals surface area (Å²) in [5.74, 6) is 1.63. The minimum atomic E-state index is 0. The first-order valence-corrected chi connectivity index (χ1v) is 23.6. The Balaban J connectivity index is 0.000000151. The van der Waals surface area contributed by atoms with Gasteiger partial charge in [0.25, 0.3) is 0 Å². The number of halogens is 2. The van der Waals surface area contributed by atoms with Crippen molar-refractivity contribution < 1.29 is 48.1 Å². The van der Waals surface area contributed by atoms with Crippen LogP contribution in [0.25, 0.3) is 65.3 Å². The van der Waals surface area contributed by atoms with Gasteiger partial charge in [0.15, 0.2) is 0 Å². The van der Waals surface area contributed by atoms with Crippen molar-refractivity contribution in [1.29, 1.82) is 0 Å². The van der Waals surface area contributed by atoms with E-state index in [0.29, 0.717) is 0 Å². The summed E-state index contributed by atoms with van der Waals surface area (Å²) >= 11 is 1.74. The second-order valence-corrected chi connectivity index (χ2v) is 23.2. The molecule has 2 aliphatic carbocycles. The van der Waals surface area contributed by atoms with Crippen LogP contribution >= 0.6 is 0 Å². The molecule has 10 rings (SSSR count). The fraction of sp³-hybridized carbons (Fsp3) is 0.174. The molecule has 0 nitrogen and oxygen atoms in total. The Morgan fingerprint density at radius 1 is 0.460 bits per heavy atom. The summed E-state index contributed by atoms with van der Waals surface area (Å²) in [6.45, 7) is 4.62. The van der Waals surface area contributed by atoms with Crippen LogP contribution in [0.2, 0.25) is 13.1 Å². The molecule has 0 bridgehead atoms. The molecule has 2 aliphatic rings. The molecule has 248 valence electrons. The molecule has 0 saturated heterocycles. The SMILES string of the molecule is C[Si](C)=[Zr+2].[Cl-].[Cl-].c1ccc2c(-c3cccc4[cH-]c(C5CC5)cc34)cccc2c1.c1ccc2c(-c3cccc4[cH-]c(C5CC5)cc34)cccc2c1. The van der Waals surface area contributed by atoms with Crippen molar-refractivity contribution in [2.75, 3.05) is 0 Å². The van der Waals surface area contributed by atoms with Crippen LogP contribution in [0.15, 0.2) is 146 Å². The third-order valence-corrected chi connectivity index (χ3v) is 9.80. The summed E-state index contributed by atoms with van der Waals surface area (Å²) in [5.41, 5.74) is 8.68. The van der Waals surface area contributed by atoms with E-state index in [0.717, 1.165) is 11.8 Å². The number of benzene rings is 6. The standard InChI is InChI=1S/2C22H17.C2H6Si.2ClH.Zr/c2*1-2-8-19-16(5-1)6-3-9-20(19)21-10-4-7-17-13-18(14-22(17)21)15-11-12-15;1-3-2;;;/h2*1-10,13-15H,11-12H2;1-2H3;2*1H;/q2*-1;;;;+2/p-2. The van der Waals surface area contributed by atoms with E-state index in [1.165, 1.54) is 102 Å². The average Bonchev–Trinajstić information content (AvgIpc) is 4.05. The first-order chi connectivity index (χ1) is 23.5. The van der Waals surface area contributed by atoms with E-state index in [2.05, 4.69) is 159 Å². The molecular weight excluding hydrogens is 743 g/mol. The number of hydrogen-bond acceptors (Lipinski definition) is 0. The molecule has 2 fully saturated rings. The summed E-state index contributed by atoms with van der Waals surface area (Å²) in [7, 11) is 0. The first kappa shape index (κ1) is 36.5. The Morgan fingerprint density at radius 3 is 1.16 bits per heavy atom. The van der Waals surface area contributed by atoms with E-state index in [1.807, 2.05) is 0 Å². The molecule has 0 heterocycles. The van der Waals surface area contributed by atoms with Crippen LogP contribution < -0.4 is 24.8 Å². The van der Waals surface area contributed by atoms with Gasteiger partial charge < -0.3 is 24.8 Å². The molecule has 0 aromatic heterocycles.